The van der Waals surface area contributed by atoms with Crippen molar-refractivity contribution in [1.82, 2.24) is 20.0 Å². The number of thioether (sulfide) groups is 1. The van der Waals surface area contributed by atoms with Crippen molar-refractivity contribution in [3.05, 3.63) is 69.2 Å². The first-order valence-corrected chi connectivity index (χ1v) is 11.7. The number of hydrogen-bond acceptors (Lipinski definition) is 5. The van der Waals surface area contributed by atoms with E-state index in [-0.39, 0.29) is 35.1 Å². The molecule has 0 spiro atoms. The Labute approximate surface area is 205 Å². The summed E-state index contributed by atoms with van der Waals surface area (Å²) >= 11 is 6.51. The Hall–Kier alpha value is -2.89. The molecule has 2 aliphatic heterocycles. The Bertz CT molecular complexity index is 1370. The second-order valence-corrected chi connectivity index (χ2v) is 9.64. The highest BCUT2D eigenvalue weighted by Gasteiger charge is 2.44. The van der Waals surface area contributed by atoms with E-state index < -0.39 is 35.1 Å². The van der Waals surface area contributed by atoms with Crippen LogP contribution in [0.1, 0.15) is 16.7 Å². The first kappa shape index (κ1) is 23.8. The standard InChI is InChI=1S/C23H17ClF4N4O2S/c24-15-3-2-13(16(7-15)23(26,27)28)11-31-18-4-1-12(5-14(18)8-30-31)6-20-21(33)32(22(34)35-20)19-10-29-9-17(19)25/h1-8,17,19,29H,9-11H2/t17-,19+/m1/s1. The maximum atomic E-state index is 14.1. The van der Waals surface area contributed by atoms with Crippen LogP contribution >= 0.6 is 23.4 Å². The molecule has 1 aromatic heterocycles. The van der Waals surface area contributed by atoms with Crippen LogP contribution in [-0.2, 0) is 17.5 Å². The number of carbonyl (C=O) groups is 2. The molecule has 2 atom stereocenters. The molecule has 6 nitrogen and oxygen atoms in total. The van der Waals surface area contributed by atoms with Gasteiger partial charge in [0.25, 0.3) is 11.1 Å². The highest BCUT2D eigenvalue weighted by molar-refractivity contribution is 8.18. The number of nitrogens with one attached hydrogen (secondary N) is 1. The molecular formula is C23H17ClF4N4O2S. The average Bonchev–Trinajstić information content (AvgIpc) is 3.46. The fourth-order valence-corrected chi connectivity index (χ4v) is 5.29. The largest absolute Gasteiger partial charge is 0.416 e. The monoisotopic (exact) mass is 524 g/mol. The van der Waals surface area contributed by atoms with Crippen molar-refractivity contribution in [2.24, 2.45) is 0 Å². The van der Waals surface area contributed by atoms with Crippen molar-refractivity contribution < 1.29 is 27.2 Å². The third kappa shape index (κ3) is 4.55. The number of rotatable bonds is 4. The molecule has 2 amide bonds. The van der Waals surface area contributed by atoms with Crippen molar-refractivity contribution >= 4 is 51.5 Å². The summed E-state index contributed by atoms with van der Waals surface area (Å²) in [6.07, 6.45) is -2.82. The minimum Gasteiger partial charge on any atom is -0.312 e. The van der Waals surface area contributed by atoms with E-state index in [2.05, 4.69) is 10.4 Å². The van der Waals surface area contributed by atoms with Gasteiger partial charge < -0.3 is 5.32 Å². The maximum Gasteiger partial charge on any atom is 0.416 e. The predicted molar refractivity (Wildman–Crippen MR) is 125 cm³/mol. The molecule has 5 rings (SSSR count). The lowest BCUT2D eigenvalue weighted by atomic mass is 10.1. The van der Waals surface area contributed by atoms with Crippen LogP contribution in [0.3, 0.4) is 0 Å². The lowest BCUT2D eigenvalue weighted by molar-refractivity contribution is -0.138. The third-order valence-electron chi connectivity index (χ3n) is 5.93. The molecule has 0 radical (unpaired) electrons. The van der Waals surface area contributed by atoms with E-state index in [0.29, 0.717) is 16.5 Å². The molecule has 2 fully saturated rings. The Morgan fingerprint density at radius 2 is 1.97 bits per heavy atom. The van der Waals surface area contributed by atoms with Gasteiger partial charge in [-0.25, -0.2) is 4.39 Å². The smallest absolute Gasteiger partial charge is 0.312 e. The zero-order valence-corrected chi connectivity index (χ0v) is 19.4. The highest BCUT2D eigenvalue weighted by atomic mass is 35.5. The molecule has 1 N–H and O–H groups in total. The van der Waals surface area contributed by atoms with Crippen LogP contribution in [0.5, 0.6) is 0 Å². The fourth-order valence-electron chi connectivity index (χ4n) is 4.24. The first-order valence-electron chi connectivity index (χ1n) is 10.5. The molecule has 0 unspecified atom stereocenters. The average molecular weight is 525 g/mol. The van der Waals surface area contributed by atoms with Gasteiger partial charge in [0, 0.05) is 23.5 Å². The van der Waals surface area contributed by atoms with Crippen LogP contribution in [0.15, 0.2) is 47.5 Å². The SMILES string of the molecule is O=C1SC(=Cc2ccc3c(cnn3Cc3ccc(Cl)cc3C(F)(F)F)c2)C(=O)N1[C@H]1CNC[C@H]1F. The number of amides is 2. The number of carbonyl (C=O) groups excluding carboxylic acids is 2. The van der Waals surface area contributed by atoms with Gasteiger partial charge in [-0.15, -0.1) is 0 Å². The lowest BCUT2D eigenvalue weighted by Crippen LogP contribution is -2.44. The number of benzene rings is 2. The minimum atomic E-state index is -4.56. The Morgan fingerprint density at radius 3 is 2.69 bits per heavy atom. The van der Waals surface area contributed by atoms with Crippen LogP contribution in [0.4, 0.5) is 22.4 Å². The molecule has 0 aliphatic carbocycles. The summed E-state index contributed by atoms with van der Waals surface area (Å²) in [5, 5.41) is 7.17. The van der Waals surface area contributed by atoms with Crippen molar-refractivity contribution in [3.8, 4) is 0 Å². The number of alkyl halides is 4. The van der Waals surface area contributed by atoms with E-state index in [0.717, 1.165) is 22.7 Å². The number of imide groups is 1. The number of fused-ring (bicyclic) bond motifs is 1. The summed E-state index contributed by atoms with van der Waals surface area (Å²) in [5.74, 6) is -0.547. The van der Waals surface area contributed by atoms with Gasteiger partial charge in [0.1, 0.15) is 6.17 Å². The van der Waals surface area contributed by atoms with Gasteiger partial charge in [0.2, 0.25) is 0 Å². The summed E-state index contributed by atoms with van der Waals surface area (Å²) in [4.78, 5) is 26.3. The Morgan fingerprint density at radius 1 is 1.17 bits per heavy atom. The van der Waals surface area contributed by atoms with E-state index in [1.165, 1.54) is 29.1 Å². The Kier molecular flexibility index (Phi) is 6.10. The van der Waals surface area contributed by atoms with Crippen molar-refractivity contribution in [2.45, 2.75) is 24.9 Å². The topological polar surface area (TPSA) is 67.2 Å². The summed E-state index contributed by atoms with van der Waals surface area (Å²) in [5.41, 5.74) is 0.396. The van der Waals surface area contributed by atoms with E-state index in [4.69, 9.17) is 11.6 Å². The van der Waals surface area contributed by atoms with E-state index in [1.807, 2.05) is 0 Å². The quantitative estimate of drug-likeness (QED) is 0.380. The Balaban J connectivity index is 1.41. The molecule has 3 heterocycles. The molecule has 2 aliphatic rings. The molecule has 2 saturated heterocycles. The van der Waals surface area contributed by atoms with Crippen molar-refractivity contribution in [2.75, 3.05) is 13.1 Å². The normalized spacial score (nSPS) is 22.2. The second kappa shape index (κ2) is 8.96. The molecular weight excluding hydrogens is 508 g/mol. The third-order valence-corrected chi connectivity index (χ3v) is 7.05. The lowest BCUT2D eigenvalue weighted by Gasteiger charge is -2.21. The zero-order valence-electron chi connectivity index (χ0n) is 17.9. The van der Waals surface area contributed by atoms with Crippen molar-refractivity contribution in [3.63, 3.8) is 0 Å². The second-order valence-electron chi connectivity index (χ2n) is 8.21. The van der Waals surface area contributed by atoms with E-state index in [9.17, 15) is 27.2 Å². The summed E-state index contributed by atoms with van der Waals surface area (Å²) < 4.78 is 55.9. The summed E-state index contributed by atoms with van der Waals surface area (Å²) in [6, 6.07) is 7.86. The van der Waals surface area contributed by atoms with Crippen LogP contribution < -0.4 is 5.32 Å². The predicted octanol–water partition coefficient (Wildman–Crippen LogP) is 5.10. The van der Waals surface area contributed by atoms with Crippen LogP contribution in [0.25, 0.3) is 17.0 Å². The van der Waals surface area contributed by atoms with Gasteiger partial charge >= 0.3 is 6.18 Å². The van der Waals surface area contributed by atoms with E-state index >= 15 is 0 Å². The molecule has 182 valence electrons. The fraction of sp³-hybridized carbons (Fsp3) is 0.261. The summed E-state index contributed by atoms with van der Waals surface area (Å²) in [7, 11) is 0. The number of aromatic nitrogens is 2. The van der Waals surface area contributed by atoms with Crippen LogP contribution in [-0.4, -0.2) is 51.1 Å². The molecule has 35 heavy (non-hydrogen) atoms. The number of halogens is 5. The molecule has 12 heteroatoms. The number of nitrogens with zero attached hydrogens (tertiary/aromatic N) is 3. The molecule has 2 aromatic carbocycles. The highest BCUT2D eigenvalue weighted by Crippen LogP contribution is 2.36. The van der Waals surface area contributed by atoms with Crippen molar-refractivity contribution in [1.29, 1.82) is 0 Å². The minimum absolute atomic E-state index is 0.00770. The molecule has 0 bridgehead atoms. The first-order chi connectivity index (χ1) is 16.6. The molecule has 0 saturated carbocycles. The van der Waals surface area contributed by atoms with Gasteiger partial charge in [-0.05, 0) is 53.2 Å². The zero-order chi connectivity index (χ0) is 24.9. The van der Waals surface area contributed by atoms with Gasteiger partial charge in [-0.3, -0.25) is 19.2 Å². The van der Waals surface area contributed by atoms with Gasteiger partial charge in [0.05, 0.1) is 34.8 Å². The molecule has 3 aromatic rings. The van der Waals surface area contributed by atoms with Gasteiger partial charge in [-0.1, -0.05) is 23.7 Å². The van der Waals surface area contributed by atoms with E-state index in [1.54, 1.807) is 18.2 Å². The van der Waals surface area contributed by atoms with Crippen LogP contribution in [0, 0.1) is 0 Å². The van der Waals surface area contributed by atoms with Crippen LogP contribution in [0.2, 0.25) is 5.02 Å². The van der Waals surface area contributed by atoms with Gasteiger partial charge in [-0.2, -0.15) is 18.3 Å². The summed E-state index contributed by atoms with van der Waals surface area (Å²) in [6.45, 7) is 0.182. The maximum absolute atomic E-state index is 14.1. The number of hydrogen-bond donors (Lipinski definition) is 1. The van der Waals surface area contributed by atoms with Gasteiger partial charge in [0.15, 0.2) is 0 Å².